The van der Waals surface area contributed by atoms with E-state index < -0.39 is 30.4 Å². The molecule has 10 rings (SSSR count). The normalized spacial score (nSPS) is 14.9. The Kier molecular flexibility index (Phi) is 11.1. The van der Waals surface area contributed by atoms with Gasteiger partial charge in [-0.15, -0.1) is 101 Å². The summed E-state index contributed by atoms with van der Waals surface area (Å²) in [6.07, 6.45) is 0.710. The number of nitrogens with zero attached hydrogens (tertiary/aromatic N) is 3. The van der Waals surface area contributed by atoms with E-state index in [9.17, 15) is 5.48 Å². The third-order valence-corrected chi connectivity index (χ3v) is 13.7. The second kappa shape index (κ2) is 19.4. The van der Waals surface area contributed by atoms with E-state index in [2.05, 4.69) is 96.1 Å². The molecule has 4 heteroatoms. The molecule has 0 atom stereocenters. The van der Waals surface area contributed by atoms with Gasteiger partial charge in [-0.2, -0.15) is 0 Å². The molecule has 0 radical (unpaired) electrons. The van der Waals surface area contributed by atoms with E-state index in [4.69, 9.17) is 19.1 Å². The topological polar surface area (TPSA) is 38.7 Å². The van der Waals surface area contributed by atoms with Crippen LogP contribution in [0.3, 0.4) is 0 Å². The quantitative estimate of drug-likeness (QED) is 0.108. The van der Waals surface area contributed by atoms with Crippen LogP contribution in [-0.2, 0) is 61.9 Å². The van der Waals surface area contributed by atoms with Crippen LogP contribution in [0, 0.1) is 25.1 Å². The average Bonchev–Trinajstić information content (AvgIpc) is 3.63. The molecule has 0 saturated carbocycles. The summed E-state index contributed by atoms with van der Waals surface area (Å²) in [5.41, 5.74) is 12.1. The monoisotopic (exact) mass is 1080 g/mol. The summed E-state index contributed by atoms with van der Waals surface area (Å²) in [6.45, 7) is 10.4. The van der Waals surface area contributed by atoms with Crippen LogP contribution in [0.5, 0.6) is 0 Å². The Labute approximate surface area is 433 Å². The first-order valence-electron chi connectivity index (χ1n) is 26.8. The second-order valence-electron chi connectivity index (χ2n) is 19.8. The molecule has 342 valence electrons. The Morgan fingerprint density at radius 3 is 1.65 bits per heavy atom. The van der Waals surface area contributed by atoms with Crippen LogP contribution >= 0.6 is 0 Å². The summed E-state index contributed by atoms with van der Waals surface area (Å²) in [7, 11) is 0. The Morgan fingerprint density at radius 2 is 1.07 bits per heavy atom. The van der Waals surface area contributed by atoms with Crippen molar-refractivity contribution >= 4 is 0 Å². The summed E-state index contributed by atoms with van der Waals surface area (Å²) in [5.74, 6) is 0. The van der Waals surface area contributed by atoms with Gasteiger partial charge in [-0.05, 0) is 121 Å². The van der Waals surface area contributed by atoms with Crippen molar-refractivity contribution in [2.75, 3.05) is 0 Å². The van der Waals surface area contributed by atoms with Crippen molar-refractivity contribution in [3.05, 3.63) is 245 Å². The van der Waals surface area contributed by atoms with E-state index in [-0.39, 0.29) is 53.3 Å². The molecule has 0 N–H and O–H groups in total. The van der Waals surface area contributed by atoms with E-state index in [1.165, 1.54) is 17.8 Å². The molecule has 69 heavy (non-hydrogen) atoms. The number of hydrogen-bond donors (Lipinski definition) is 0. The van der Waals surface area contributed by atoms with Crippen LogP contribution in [0.15, 0.2) is 176 Å². The van der Waals surface area contributed by atoms with Gasteiger partial charge in [0.2, 0.25) is 0 Å². The van der Waals surface area contributed by atoms with Crippen LogP contribution in [0.25, 0.3) is 56.0 Å². The summed E-state index contributed by atoms with van der Waals surface area (Å²) < 4.78 is 66.1. The zero-order chi connectivity index (χ0) is 53.1. The molecule has 0 bridgehead atoms. The molecule has 0 saturated heterocycles. The van der Waals surface area contributed by atoms with Crippen LogP contribution in [0.1, 0.15) is 101 Å². The fourth-order valence-electron chi connectivity index (χ4n) is 9.85. The van der Waals surface area contributed by atoms with E-state index in [0.29, 0.717) is 24.1 Å². The van der Waals surface area contributed by atoms with Crippen molar-refractivity contribution in [3.63, 3.8) is 0 Å². The van der Waals surface area contributed by atoms with E-state index in [0.717, 1.165) is 61.5 Å². The maximum absolute atomic E-state index is 10.1. The van der Waals surface area contributed by atoms with E-state index >= 15 is 0 Å². The Hall–Kier alpha value is -6.58. The van der Waals surface area contributed by atoms with Gasteiger partial charge >= 0.3 is 20.1 Å². The zero-order valence-corrected chi connectivity index (χ0v) is 42.2. The summed E-state index contributed by atoms with van der Waals surface area (Å²) in [4.78, 5) is 14.5. The smallest absolute Gasteiger partial charge is 0.304 e. The van der Waals surface area contributed by atoms with Gasteiger partial charge < -0.3 is 15.0 Å². The standard InChI is InChI=1S/C65H58N3.Ir/c1-44-18-14-15-23-54(44)57-38-62(50-28-31-56-55-24-16-17-25-58(55)65(6,7)59(56)37-50)66-41-51(57)27-26-45-34-46(39-63(2,3)52-29-32-60(67-42-52)48-19-10-8-11-20-48)36-47(35-45)40-64(4,5)53-30-33-61(68-43-53)49-21-12-9-13-22-49;/h8-19,21,23-25,29-38,41-43H,26-27,39-40H2,1-7H3;/q-3;+3/i1D3,26D2,27D2;. The molecule has 0 fully saturated rings. The molecular weight excluding hydrogens is 1010 g/mol. The predicted molar refractivity (Wildman–Crippen MR) is 281 cm³/mol. The average molecular weight is 1080 g/mol. The molecule has 9 aromatic rings. The minimum Gasteiger partial charge on any atom is -0.304 e. The maximum Gasteiger partial charge on any atom is 3.00 e. The first-order valence-corrected chi connectivity index (χ1v) is 23.3. The minimum atomic E-state index is -2.76. The van der Waals surface area contributed by atoms with E-state index in [1.807, 2.05) is 91.3 Å². The zero-order valence-electron chi connectivity index (χ0n) is 46.8. The molecule has 6 aromatic carbocycles. The van der Waals surface area contributed by atoms with Crippen molar-refractivity contribution in [2.45, 2.75) is 90.2 Å². The van der Waals surface area contributed by atoms with Gasteiger partial charge in [-0.1, -0.05) is 150 Å². The Morgan fingerprint density at radius 1 is 0.507 bits per heavy atom. The van der Waals surface area contributed by atoms with Crippen molar-refractivity contribution < 1.29 is 29.7 Å². The molecule has 0 spiro atoms. The van der Waals surface area contributed by atoms with Crippen LogP contribution in [0.2, 0.25) is 0 Å². The van der Waals surface area contributed by atoms with Gasteiger partial charge in [-0.3, -0.25) is 0 Å². The molecule has 0 amide bonds. The van der Waals surface area contributed by atoms with E-state index in [1.54, 1.807) is 36.4 Å². The SMILES string of the molecule is [2H]C([2H])([2H])c1ccccc1-c1cc(-c2[c-]cc3c(c2)C(C)(C)c2ccccc2-3)ncc1C([2H])([2H])C([2H])([2H])c1cc(CC(C)(C)c2ccc(-c3[c-]cccc3)nc2)cc(CC(C)(C)c2ccc(-c3[c-]cccc3)nc2)c1.[Ir+3]. The number of benzene rings is 6. The first kappa shape index (κ1) is 39.3. The molecule has 3 aromatic heterocycles. The number of hydrogen-bond acceptors (Lipinski definition) is 3. The minimum absolute atomic E-state index is 0. The van der Waals surface area contributed by atoms with Gasteiger partial charge in [0.05, 0.1) is 0 Å². The molecule has 3 heterocycles. The number of fused-ring (bicyclic) bond motifs is 3. The summed E-state index contributed by atoms with van der Waals surface area (Å²) in [5, 5.41) is 0. The number of aromatic nitrogens is 3. The second-order valence-corrected chi connectivity index (χ2v) is 19.8. The van der Waals surface area contributed by atoms with Gasteiger partial charge in [0.15, 0.2) is 0 Å². The Balaban J connectivity index is 0.00000706. The summed E-state index contributed by atoms with van der Waals surface area (Å²) >= 11 is 0. The fraction of sp³-hybridized carbons (Fsp3) is 0.215. The summed E-state index contributed by atoms with van der Waals surface area (Å²) in [6, 6.07) is 59.9. The van der Waals surface area contributed by atoms with Crippen molar-refractivity contribution in [1.82, 2.24) is 15.0 Å². The van der Waals surface area contributed by atoms with Crippen molar-refractivity contribution in [2.24, 2.45) is 0 Å². The number of aryl methyl sites for hydroxylation is 3. The molecule has 1 aliphatic rings. The van der Waals surface area contributed by atoms with Gasteiger partial charge in [-0.25, -0.2) is 0 Å². The first-order chi connectivity index (χ1) is 35.5. The van der Waals surface area contributed by atoms with Crippen molar-refractivity contribution in [3.8, 4) is 56.0 Å². The Bertz CT molecular complexity index is 3440. The largest absolute Gasteiger partial charge is 3.00 e. The predicted octanol–water partition coefficient (Wildman–Crippen LogP) is 15.4. The van der Waals surface area contributed by atoms with Gasteiger partial charge in [0, 0.05) is 28.2 Å². The molecule has 0 unspecified atom stereocenters. The molecular formula is C65H58IrN3. The third kappa shape index (κ3) is 9.84. The van der Waals surface area contributed by atoms with Gasteiger partial charge in [0.25, 0.3) is 0 Å². The van der Waals surface area contributed by atoms with Crippen LogP contribution in [-0.4, -0.2) is 15.0 Å². The molecule has 0 aliphatic heterocycles. The third-order valence-electron chi connectivity index (χ3n) is 13.7. The van der Waals surface area contributed by atoms with Crippen molar-refractivity contribution in [1.29, 1.82) is 0 Å². The molecule has 1 aliphatic carbocycles. The number of pyridine rings is 3. The fourth-order valence-corrected chi connectivity index (χ4v) is 9.85. The van der Waals surface area contributed by atoms with Crippen LogP contribution < -0.4 is 0 Å². The maximum atomic E-state index is 10.1. The molecule has 3 nitrogen and oxygen atoms in total. The van der Waals surface area contributed by atoms with Gasteiger partial charge in [0.1, 0.15) is 0 Å². The number of rotatable bonds is 13. The van der Waals surface area contributed by atoms with Crippen LogP contribution in [0.4, 0.5) is 0 Å².